The largest absolute Gasteiger partial charge is 0.375 e. The maximum Gasteiger partial charge on any atom is 0.0598 e. The molecule has 0 N–H and O–H groups in total. The molecule has 0 atom stereocenters. The summed E-state index contributed by atoms with van der Waals surface area (Å²) < 4.78 is 5.91. The maximum atomic E-state index is 5.91. The van der Waals surface area contributed by atoms with Crippen molar-refractivity contribution >= 4 is 0 Å². The smallest absolute Gasteiger partial charge is 0.0598 e. The lowest BCUT2D eigenvalue weighted by Gasteiger charge is -2.29. The van der Waals surface area contributed by atoms with E-state index in [1.807, 2.05) is 0 Å². The van der Waals surface area contributed by atoms with Gasteiger partial charge in [-0.05, 0) is 44.4 Å². The molecule has 0 unspecified atom stereocenters. The van der Waals surface area contributed by atoms with Crippen molar-refractivity contribution in [3.05, 3.63) is 0 Å². The van der Waals surface area contributed by atoms with Crippen LogP contribution in [0.4, 0.5) is 0 Å². The number of hydrogen-bond donors (Lipinski definition) is 0. The van der Waals surface area contributed by atoms with Gasteiger partial charge in [-0.3, -0.25) is 0 Å². The SMILES string of the molecule is CC(C)(C)CCCCCC(C)(C)COC(C)(C)C. The van der Waals surface area contributed by atoms with Crippen LogP contribution < -0.4 is 0 Å². The molecular weight excluding hydrogens is 220 g/mol. The standard InChI is InChI=1S/C17H36O/c1-15(2,3)12-10-9-11-13-17(7,8)14-18-16(4,5)6/h9-14H2,1-8H3. The average Bonchev–Trinajstić information content (AvgIpc) is 2.11. The molecule has 0 saturated carbocycles. The van der Waals surface area contributed by atoms with Crippen LogP contribution in [-0.4, -0.2) is 12.2 Å². The first-order valence-corrected chi connectivity index (χ1v) is 7.55. The summed E-state index contributed by atoms with van der Waals surface area (Å²) in [4.78, 5) is 0. The molecule has 0 rings (SSSR count). The third kappa shape index (κ3) is 12.4. The molecule has 110 valence electrons. The molecule has 0 heterocycles. The highest BCUT2D eigenvalue weighted by Gasteiger charge is 2.21. The molecule has 0 radical (unpaired) electrons. The van der Waals surface area contributed by atoms with Crippen molar-refractivity contribution in [1.82, 2.24) is 0 Å². The minimum Gasteiger partial charge on any atom is -0.375 e. The first kappa shape index (κ1) is 18.0. The first-order chi connectivity index (χ1) is 7.91. The molecule has 0 aliphatic carbocycles. The molecule has 0 aromatic carbocycles. The van der Waals surface area contributed by atoms with Crippen LogP contribution in [0, 0.1) is 10.8 Å². The Morgan fingerprint density at radius 1 is 0.667 bits per heavy atom. The van der Waals surface area contributed by atoms with Gasteiger partial charge < -0.3 is 4.74 Å². The molecule has 0 aromatic heterocycles. The quantitative estimate of drug-likeness (QED) is 0.521. The van der Waals surface area contributed by atoms with Crippen molar-refractivity contribution in [3.8, 4) is 0 Å². The van der Waals surface area contributed by atoms with Gasteiger partial charge in [0.2, 0.25) is 0 Å². The van der Waals surface area contributed by atoms with Gasteiger partial charge in [-0.15, -0.1) is 0 Å². The Hall–Kier alpha value is -0.0400. The Morgan fingerprint density at radius 2 is 1.17 bits per heavy atom. The number of unbranched alkanes of at least 4 members (excludes halogenated alkanes) is 2. The third-order valence-corrected chi connectivity index (χ3v) is 3.18. The second kappa shape index (κ2) is 6.93. The van der Waals surface area contributed by atoms with Crippen LogP contribution in [0.3, 0.4) is 0 Å². The van der Waals surface area contributed by atoms with E-state index in [1.165, 1.54) is 32.1 Å². The summed E-state index contributed by atoms with van der Waals surface area (Å²) in [5.74, 6) is 0. The van der Waals surface area contributed by atoms with Gasteiger partial charge in [-0.25, -0.2) is 0 Å². The molecular formula is C17H36O. The van der Waals surface area contributed by atoms with E-state index in [0.717, 1.165) is 6.61 Å². The lowest BCUT2D eigenvalue weighted by molar-refractivity contribution is -0.0454. The van der Waals surface area contributed by atoms with Crippen LogP contribution in [0.1, 0.15) is 87.5 Å². The Bertz CT molecular complexity index is 215. The van der Waals surface area contributed by atoms with Gasteiger partial charge in [-0.1, -0.05) is 53.9 Å². The molecule has 0 fully saturated rings. The van der Waals surface area contributed by atoms with Gasteiger partial charge in [0.25, 0.3) is 0 Å². The van der Waals surface area contributed by atoms with Crippen LogP contribution >= 0.6 is 0 Å². The van der Waals surface area contributed by atoms with E-state index in [0.29, 0.717) is 10.8 Å². The highest BCUT2D eigenvalue weighted by atomic mass is 16.5. The Morgan fingerprint density at radius 3 is 1.61 bits per heavy atom. The molecule has 0 saturated heterocycles. The van der Waals surface area contributed by atoms with Crippen molar-refractivity contribution in [1.29, 1.82) is 0 Å². The summed E-state index contributed by atoms with van der Waals surface area (Å²) in [6.45, 7) is 18.9. The molecule has 0 bridgehead atoms. The molecule has 0 amide bonds. The van der Waals surface area contributed by atoms with Crippen molar-refractivity contribution in [2.24, 2.45) is 10.8 Å². The summed E-state index contributed by atoms with van der Waals surface area (Å²) >= 11 is 0. The lowest BCUT2D eigenvalue weighted by atomic mass is 9.85. The topological polar surface area (TPSA) is 9.23 Å². The van der Waals surface area contributed by atoms with Crippen molar-refractivity contribution in [2.75, 3.05) is 6.61 Å². The minimum absolute atomic E-state index is 0.0104. The van der Waals surface area contributed by atoms with Crippen LogP contribution in [0.15, 0.2) is 0 Å². The first-order valence-electron chi connectivity index (χ1n) is 7.55. The zero-order chi connectivity index (χ0) is 14.4. The predicted octanol–water partition coefficient (Wildman–Crippen LogP) is 5.82. The average molecular weight is 256 g/mol. The van der Waals surface area contributed by atoms with E-state index < -0.39 is 0 Å². The fourth-order valence-electron chi connectivity index (χ4n) is 1.92. The maximum absolute atomic E-state index is 5.91. The van der Waals surface area contributed by atoms with E-state index in [4.69, 9.17) is 4.74 Å². The zero-order valence-electron chi connectivity index (χ0n) is 14.2. The number of hydrogen-bond acceptors (Lipinski definition) is 1. The molecule has 0 aromatic rings. The Balaban J connectivity index is 3.71. The highest BCUT2D eigenvalue weighted by Crippen LogP contribution is 2.28. The second-order valence-electron chi connectivity index (χ2n) is 8.69. The summed E-state index contributed by atoms with van der Waals surface area (Å²) in [5.41, 5.74) is 0.795. The van der Waals surface area contributed by atoms with E-state index in [1.54, 1.807) is 0 Å². The van der Waals surface area contributed by atoms with Crippen molar-refractivity contribution in [2.45, 2.75) is 93.1 Å². The minimum atomic E-state index is -0.0104. The number of ether oxygens (including phenoxy) is 1. The van der Waals surface area contributed by atoms with Gasteiger partial charge in [0.15, 0.2) is 0 Å². The predicted molar refractivity (Wildman–Crippen MR) is 82.0 cm³/mol. The normalized spacial score (nSPS) is 14.0. The van der Waals surface area contributed by atoms with Gasteiger partial charge in [0.1, 0.15) is 0 Å². The fraction of sp³-hybridized carbons (Fsp3) is 1.00. The molecule has 1 nitrogen and oxygen atoms in total. The Labute approximate surface area is 116 Å². The van der Waals surface area contributed by atoms with Gasteiger partial charge in [-0.2, -0.15) is 0 Å². The zero-order valence-corrected chi connectivity index (χ0v) is 14.2. The molecule has 1 heteroatoms. The summed E-state index contributed by atoms with van der Waals surface area (Å²) in [6, 6.07) is 0. The van der Waals surface area contributed by atoms with Crippen molar-refractivity contribution in [3.63, 3.8) is 0 Å². The Kier molecular flexibility index (Phi) is 6.92. The molecule has 0 spiro atoms. The summed E-state index contributed by atoms with van der Waals surface area (Å²) in [5, 5.41) is 0. The van der Waals surface area contributed by atoms with E-state index in [9.17, 15) is 0 Å². The number of rotatable bonds is 7. The molecule has 18 heavy (non-hydrogen) atoms. The van der Waals surface area contributed by atoms with Crippen LogP contribution in [0.5, 0.6) is 0 Å². The van der Waals surface area contributed by atoms with Crippen LogP contribution in [0.25, 0.3) is 0 Å². The second-order valence-corrected chi connectivity index (χ2v) is 8.69. The third-order valence-electron chi connectivity index (χ3n) is 3.18. The van der Waals surface area contributed by atoms with Gasteiger partial charge in [0.05, 0.1) is 12.2 Å². The van der Waals surface area contributed by atoms with E-state index in [-0.39, 0.29) is 5.60 Å². The monoisotopic (exact) mass is 256 g/mol. The lowest BCUT2D eigenvalue weighted by Crippen LogP contribution is -2.28. The highest BCUT2D eigenvalue weighted by molar-refractivity contribution is 4.71. The molecule has 0 aliphatic rings. The van der Waals surface area contributed by atoms with E-state index in [2.05, 4.69) is 55.4 Å². The van der Waals surface area contributed by atoms with Crippen molar-refractivity contribution < 1.29 is 4.74 Å². The van der Waals surface area contributed by atoms with Gasteiger partial charge >= 0.3 is 0 Å². The van der Waals surface area contributed by atoms with Crippen LogP contribution in [0.2, 0.25) is 0 Å². The summed E-state index contributed by atoms with van der Waals surface area (Å²) in [7, 11) is 0. The van der Waals surface area contributed by atoms with E-state index >= 15 is 0 Å². The van der Waals surface area contributed by atoms with Crippen LogP contribution in [-0.2, 0) is 4.74 Å². The summed E-state index contributed by atoms with van der Waals surface area (Å²) in [6.07, 6.45) is 6.66. The fourth-order valence-corrected chi connectivity index (χ4v) is 1.92. The van der Waals surface area contributed by atoms with Gasteiger partial charge in [0, 0.05) is 0 Å². The molecule has 0 aliphatic heterocycles.